The van der Waals surface area contributed by atoms with Crippen molar-refractivity contribution in [3.63, 3.8) is 0 Å². The van der Waals surface area contributed by atoms with Gasteiger partial charge in [0.25, 0.3) is 0 Å². The Hall–Kier alpha value is -2.48. The minimum Gasteiger partial charge on any atom is -0.462 e. The van der Waals surface area contributed by atoms with Gasteiger partial charge in [-0.3, -0.25) is 4.79 Å². The monoisotopic (exact) mass is 898 g/mol. The Morgan fingerprint density at radius 2 is 1.60 bits per heavy atom. The number of hydrogen-bond donors (Lipinski definition) is 3. The summed E-state index contributed by atoms with van der Waals surface area (Å²) in [6.07, 6.45) is 3.38. The van der Waals surface area contributed by atoms with E-state index in [9.17, 15) is 20.1 Å². The first-order valence-electron chi connectivity index (χ1n) is 22.5. The second-order valence-electron chi connectivity index (χ2n) is 18.4. The first-order valence-corrected chi connectivity index (χ1v) is 23.7. The number of rotatable bonds is 7. The number of methoxy groups -OCH3 is 2. The van der Waals surface area contributed by atoms with Crippen molar-refractivity contribution >= 4 is 17.7 Å². The maximum Gasteiger partial charge on any atom is 0.316 e. The third-order valence-electron chi connectivity index (χ3n) is 14.0. The lowest BCUT2D eigenvalue weighted by molar-refractivity contribution is -0.318. The summed E-state index contributed by atoms with van der Waals surface area (Å²) >= 11 is 1.75. The molecule has 0 aromatic heterocycles. The number of ether oxygens (including phenoxy) is 10. The van der Waals surface area contributed by atoms with Crippen LogP contribution in [0.25, 0.3) is 0 Å². The molecule has 0 radical (unpaired) electrons. The van der Waals surface area contributed by atoms with Crippen molar-refractivity contribution in [1.82, 2.24) is 0 Å². The predicted octanol–water partition coefficient (Wildman–Crippen LogP) is 5.24. The number of aliphatic hydroxyl groups is 3. The molecule has 7 aliphatic rings. The van der Waals surface area contributed by atoms with E-state index in [4.69, 9.17) is 47.4 Å². The van der Waals surface area contributed by atoms with Crippen molar-refractivity contribution in [3.05, 3.63) is 83.0 Å². The fourth-order valence-electron chi connectivity index (χ4n) is 10.4. The molecule has 63 heavy (non-hydrogen) atoms. The highest BCUT2D eigenvalue weighted by Gasteiger charge is 2.60. The molecule has 0 saturated carbocycles. The van der Waals surface area contributed by atoms with Gasteiger partial charge < -0.3 is 62.7 Å². The number of esters is 1. The fraction of sp³-hybridized carbons (Fsp3) is 0.688. The normalized spacial score (nSPS) is 47.0. The third-order valence-corrected chi connectivity index (χ3v) is 15.1. The van der Waals surface area contributed by atoms with Gasteiger partial charge in [-0.1, -0.05) is 67.6 Å². The Balaban J connectivity index is 1.08. The van der Waals surface area contributed by atoms with E-state index in [0.717, 1.165) is 16.9 Å². The van der Waals surface area contributed by atoms with Crippen LogP contribution in [0.5, 0.6) is 0 Å². The van der Waals surface area contributed by atoms with Crippen LogP contribution in [0.2, 0.25) is 0 Å². The molecular weight excluding hydrogens is 833 g/mol. The van der Waals surface area contributed by atoms with Crippen molar-refractivity contribution in [3.8, 4) is 0 Å². The topological polar surface area (TPSA) is 170 Å². The quantitative estimate of drug-likeness (QED) is 0.240. The molecule has 18 atom stereocenters. The van der Waals surface area contributed by atoms with Gasteiger partial charge in [-0.15, -0.1) is 0 Å². The van der Waals surface area contributed by atoms with E-state index in [-0.39, 0.29) is 30.8 Å². The molecule has 1 aromatic carbocycles. The van der Waals surface area contributed by atoms with Crippen LogP contribution in [0.1, 0.15) is 78.4 Å². The van der Waals surface area contributed by atoms with Crippen molar-refractivity contribution in [2.45, 2.75) is 164 Å². The zero-order valence-electron chi connectivity index (χ0n) is 37.4. The average Bonchev–Trinajstić information content (AvgIpc) is 3.61. The molecule has 348 valence electrons. The molecule has 2 bridgehead atoms. The Bertz CT molecular complexity index is 1870. The number of fused-ring (bicyclic) bond motifs is 2. The first kappa shape index (κ1) is 47.0. The Morgan fingerprint density at radius 3 is 2.37 bits per heavy atom. The second kappa shape index (κ2) is 19.8. The summed E-state index contributed by atoms with van der Waals surface area (Å²) in [5, 5.41) is 34.3. The molecule has 0 amide bonds. The van der Waals surface area contributed by atoms with E-state index < -0.39 is 90.8 Å². The van der Waals surface area contributed by atoms with Crippen molar-refractivity contribution in [2.24, 2.45) is 11.8 Å². The number of thioether (sulfide) groups is 1. The van der Waals surface area contributed by atoms with Gasteiger partial charge in [0.2, 0.25) is 0 Å². The van der Waals surface area contributed by atoms with Gasteiger partial charge in [0.1, 0.15) is 42.0 Å². The largest absolute Gasteiger partial charge is 0.462 e. The zero-order chi connectivity index (χ0) is 44.6. The first-order chi connectivity index (χ1) is 30.2. The van der Waals surface area contributed by atoms with Crippen LogP contribution < -0.4 is 0 Å². The maximum atomic E-state index is 14.4. The van der Waals surface area contributed by atoms with E-state index in [1.165, 1.54) is 0 Å². The fourth-order valence-corrected chi connectivity index (χ4v) is 11.6. The van der Waals surface area contributed by atoms with Crippen LogP contribution in [-0.2, 0) is 52.2 Å². The zero-order valence-corrected chi connectivity index (χ0v) is 38.2. The maximum absolute atomic E-state index is 14.4. The summed E-state index contributed by atoms with van der Waals surface area (Å²) in [6.45, 7) is 9.60. The van der Waals surface area contributed by atoms with E-state index in [0.29, 0.717) is 49.0 Å². The SMILES string of the molecule is CO[C@H]1C[C@H](O[C@H]2[C@H](C)O[C@@H](O[C@@H]3/C(C)=C/C[C@@H]4C[C@@H](C[C@]5(CSC[C@@H](c6ccccc6)O5)O4)OC(=O)[C@@H]4C=C(C)[C@@H](O)[C@H]5OC/C(=C\C=C\[C@@H]3C)[C@]54O)C[C@@H]2OC)O[C@@H](C)[C@@H]1O. The number of carbonyl (C=O) groups is 1. The van der Waals surface area contributed by atoms with Crippen LogP contribution in [-0.4, -0.2) is 145 Å². The van der Waals surface area contributed by atoms with Crippen molar-refractivity contribution < 1.29 is 67.5 Å². The average molecular weight is 899 g/mol. The van der Waals surface area contributed by atoms with Crippen LogP contribution >= 0.6 is 11.8 Å². The molecule has 5 fully saturated rings. The highest BCUT2D eigenvalue weighted by atomic mass is 32.2. The molecule has 0 unspecified atom stereocenters. The Morgan fingerprint density at radius 1 is 0.873 bits per heavy atom. The van der Waals surface area contributed by atoms with Gasteiger partial charge in [0, 0.05) is 57.3 Å². The van der Waals surface area contributed by atoms with E-state index in [2.05, 4.69) is 25.1 Å². The highest BCUT2D eigenvalue weighted by molar-refractivity contribution is 7.99. The van der Waals surface area contributed by atoms with Crippen LogP contribution in [0.4, 0.5) is 0 Å². The van der Waals surface area contributed by atoms with E-state index >= 15 is 0 Å². The molecule has 14 nitrogen and oxygen atoms in total. The van der Waals surface area contributed by atoms with Crippen LogP contribution in [0, 0.1) is 11.8 Å². The summed E-state index contributed by atoms with van der Waals surface area (Å²) in [6, 6.07) is 10.1. The number of aliphatic hydroxyl groups excluding tert-OH is 2. The summed E-state index contributed by atoms with van der Waals surface area (Å²) in [7, 11) is 3.22. The van der Waals surface area contributed by atoms with Gasteiger partial charge in [-0.25, -0.2) is 0 Å². The summed E-state index contributed by atoms with van der Waals surface area (Å²) in [5.41, 5.74) is 1.18. The third kappa shape index (κ3) is 9.83. The molecule has 5 saturated heterocycles. The van der Waals surface area contributed by atoms with E-state index in [1.54, 1.807) is 52.0 Å². The van der Waals surface area contributed by atoms with Crippen LogP contribution in [0.3, 0.4) is 0 Å². The molecular formula is C48H66O14S. The number of hydrogen-bond acceptors (Lipinski definition) is 15. The van der Waals surface area contributed by atoms with Gasteiger partial charge >= 0.3 is 5.97 Å². The van der Waals surface area contributed by atoms with Gasteiger partial charge in [-0.05, 0) is 56.4 Å². The number of carbonyl (C=O) groups excluding carboxylic acids is 1. The summed E-state index contributed by atoms with van der Waals surface area (Å²) < 4.78 is 63.7. The van der Waals surface area contributed by atoms with E-state index in [1.807, 2.05) is 44.2 Å². The molecule has 6 aliphatic heterocycles. The molecule has 1 spiro atoms. The smallest absolute Gasteiger partial charge is 0.316 e. The molecule has 15 heteroatoms. The lowest BCUT2D eigenvalue weighted by atomic mass is 9.71. The van der Waals surface area contributed by atoms with Crippen molar-refractivity contribution in [1.29, 1.82) is 0 Å². The van der Waals surface area contributed by atoms with Gasteiger partial charge in [0.05, 0.1) is 49.3 Å². The minimum atomic E-state index is -1.84. The Kier molecular flexibility index (Phi) is 14.8. The lowest BCUT2D eigenvalue weighted by Crippen LogP contribution is -2.58. The Labute approximate surface area is 375 Å². The number of allylic oxidation sites excluding steroid dienone is 2. The summed E-state index contributed by atoms with van der Waals surface area (Å²) in [4.78, 5) is 14.4. The minimum absolute atomic E-state index is 0.0298. The van der Waals surface area contributed by atoms with Gasteiger partial charge in [0.15, 0.2) is 18.4 Å². The molecule has 1 aliphatic carbocycles. The molecule has 3 N–H and O–H groups in total. The van der Waals surface area contributed by atoms with Crippen LogP contribution in [0.15, 0.2) is 77.4 Å². The predicted molar refractivity (Wildman–Crippen MR) is 232 cm³/mol. The molecule has 6 heterocycles. The number of benzene rings is 1. The van der Waals surface area contributed by atoms with Gasteiger partial charge in [-0.2, -0.15) is 11.8 Å². The molecule has 1 aromatic rings. The van der Waals surface area contributed by atoms with Crippen molar-refractivity contribution in [2.75, 3.05) is 32.3 Å². The summed E-state index contributed by atoms with van der Waals surface area (Å²) in [5.74, 6) is -1.60. The lowest BCUT2D eigenvalue weighted by Gasteiger charge is -2.48. The second-order valence-corrected chi connectivity index (χ2v) is 19.4. The highest BCUT2D eigenvalue weighted by Crippen LogP contribution is 2.48. The standard InChI is InChI=1S/C48H66O14S/c1-26-12-11-15-32-23-55-45-41(49)28(3)18-35(48(32,45)52)46(51)58-34-19-33(61-47(22-34)25-63-24-38(62-47)31-13-9-8-10-14-31)17-16-27(2)43(26)59-40-21-37(54-7)44(30(5)57-40)60-39-20-36(53-6)42(50)29(4)56-39/h8-16,18,26,29-30,33-45,49-50,52H,17,19-25H2,1-7H3/b12-11+,27-16+,32-15+/t26-,29-,30-,33+,34-,35-,36-,37-,38-,39-,40-,41+,42-,43-,44-,45+,47-,48+/m0/s1. The molecule has 8 rings (SSSR count).